The number of aryl methyl sites for hydroxylation is 2. The van der Waals surface area contributed by atoms with E-state index in [1.54, 1.807) is 4.52 Å². The highest BCUT2D eigenvalue weighted by Crippen LogP contribution is 2.18. The number of ether oxygens (including phenoxy) is 2. The molecule has 3 rings (SSSR count). The molecule has 23 heavy (non-hydrogen) atoms. The fourth-order valence-electron chi connectivity index (χ4n) is 2.93. The quantitative estimate of drug-likeness (QED) is 0.784. The minimum Gasteiger partial charge on any atom is -0.465 e. The number of esters is 1. The van der Waals surface area contributed by atoms with Crippen molar-refractivity contribution in [1.29, 1.82) is 0 Å². The van der Waals surface area contributed by atoms with Gasteiger partial charge in [-0.15, -0.1) is 0 Å². The molecular weight excluding hydrogens is 296 g/mol. The lowest BCUT2D eigenvalue weighted by Gasteiger charge is -2.25. The van der Waals surface area contributed by atoms with Crippen LogP contribution in [-0.2, 0) is 15.9 Å². The fourth-order valence-corrected chi connectivity index (χ4v) is 2.93. The van der Waals surface area contributed by atoms with Gasteiger partial charge in [-0.25, -0.2) is 14.3 Å². The predicted octanol–water partition coefficient (Wildman–Crippen LogP) is 1.01. The summed E-state index contributed by atoms with van der Waals surface area (Å²) < 4.78 is 12.0. The number of hydrogen-bond acceptors (Lipinski definition) is 6. The summed E-state index contributed by atoms with van der Waals surface area (Å²) in [4.78, 5) is 19.0. The maximum Gasteiger partial charge on any atom is 0.341 e. The number of rotatable bonds is 4. The second-order valence-electron chi connectivity index (χ2n) is 5.80. The van der Waals surface area contributed by atoms with Gasteiger partial charge in [-0.3, -0.25) is 4.90 Å². The van der Waals surface area contributed by atoms with Crippen LogP contribution >= 0.6 is 0 Å². The molecule has 3 heterocycles. The van der Waals surface area contributed by atoms with Crippen molar-refractivity contribution in [1.82, 2.24) is 19.5 Å². The Kier molecular flexibility index (Phi) is 4.58. The van der Waals surface area contributed by atoms with Crippen LogP contribution < -0.4 is 0 Å². The van der Waals surface area contributed by atoms with Crippen molar-refractivity contribution in [3.63, 3.8) is 0 Å². The zero-order chi connectivity index (χ0) is 16.4. The van der Waals surface area contributed by atoms with E-state index in [2.05, 4.69) is 15.0 Å². The van der Waals surface area contributed by atoms with Gasteiger partial charge in [-0.2, -0.15) is 5.10 Å². The average molecular weight is 318 g/mol. The van der Waals surface area contributed by atoms with E-state index < -0.39 is 0 Å². The molecule has 0 atom stereocenters. The van der Waals surface area contributed by atoms with E-state index >= 15 is 0 Å². The molecule has 0 amide bonds. The Bertz CT molecular complexity index is 720. The highest BCUT2D eigenvalue weighted by atomic mass is 16.5. The average Bonchev–Trinajstić information content (AvgIpc) is 2.98. The van der Waals surface area contributed by atoms with Crippen LogP contribution in [0.1, 0.15) is 27.4 Å². The lowest BCUT2D eigenvalue weighted by Crippen LogP contribution is -2.37. The van der Waals surface area contributed by atoms with Gasteiger partial charge in [-0.1, -0.05) is 0 Å². The Morgan fingerprint density at radius 3 is 2.78 bits per heavy atom. The van der Waals surface area contributed by atoms with Crippen molar-refractivity contribution in [2.75, 3.05) is 40.0 Å². The summed E-state index contributed by atoms with van der Waals surface area (Å²) in [5.74, 6) is 0.370. The third kappa shape index (κ3) is 3.20. The minimum absolute atomic E-state index is 0.375. The molecule has 2 aromatic rings. The Morgan fingerprint density at radius 2 is 2.09 bits per heavy atom. The normalized spacial score (nSPS) is 16.0. The Balaban J connectivity index is 1.88. The molecule has 0 aromatic carbocycles. The van der Waals surface area contributed by atoms with Crippen LogP contribution in [0.3, 0.4) is 0 Å². The molecule has 0 radical (unpaired) electrons. The van der Waals surface area contributed by atoms with E-state index in [1.165, 1.54) is 7.11 Å². The molecular formula is C16H22N4O3. The Labute approximate surface area is 135 Å². The molecule has 1 fully saturated rings. The molecule has 0 spiro atoms. The van der Waals surface area contributed by atoms with Gasteiger partial charge in [0.25, 0.3) is 0 Å². The van der Waals surface area contributed by atoms with Gasteiger partial charge < -0.3 is 9.47 Å². The number of carbonyl (C=O) groups is 1. The van der Waals surface area contributed by atoms with Crippen LogP contribution in [0.25, 0.3) is 5.65 Å². The van der Waals surface area contributed by atoms with E-state index in [9.17, 15) is 4.79 Å². The van der Waals surface area contributed by atoms with Crippen LogP contribution in [0.15, 0.2) is 6.07 Å². The molecule has 0 N–H and O–H groups in total. The van der Waals surface area contributed by atoms with Crippen molar-refractivity contribution >= 4 is 11.6 Å². The second-order valence-corrected chi connectivity index (χ2v) is 5.80. The smallest absolute Gasteiger partial charge is 0.341 e. The zero-order valence-corrected chi connectivity index (χ0v) is 13.8. The van der Waals surface area contributed by atoms with Gasteiger partial charge in [0.2, 0.25) is 0 Å². The van der Waals surface area contributed by atoms with Crippen LogP contribution in [0, 0.1) is 13.8 Å². The monoisotopic (exact) mass is 318 g/mol. The maximum absolute atomic E-state index is 12.0. The number of aromatic nitrogens is 3. The summed E-state index contributed by atoms with van der Waals surface area (Å²) in [5, 5.41) is 4.55. The van der Waals surface area contributed by atoms with Gasteiger partial charge >= 0.3 is 5.97 Å². The first kappa shape index (κ1) is 15.9. The summed E-state index contributed by atoms with van der Waals surface area (Å²) >= 11 is 0. The number of pyridine rings is 1. The third-order valence-corrected chi connectivity index (χ3v) is 4.17. The first-order valence-corrected chi connectivity index (χ1v) is 7.84. The minimum atomic E-state index is -0.375. The van der Waals surface area contributed by atoms with Crippen molar-refractivity contribution in [2.45, 2.75) is 20.3 Å². The van der Waals surface area contributed by atoms with Crippen LogP contribution in [0.5, 0.6) is 0 Å². The first-order valence-electron chi connectivity index (χ1n) is 7.84. The number of carbonyl (C=O) groups excluding carboxylic acids is 1. The van der Waals surface area contributed by atoms with Gasteiger partial charge in [-0.05, 0) is 25.5 Å². The second kappa shape index (κ2) is 6.64. The molecule has 0 aliphatic carbocycles. The predicted molar refractivity (Wildman–Crippen MR) is 84.8 cm³/mol. The highest BCUT2D eigenvalue weighted by molar-refractivity contribution is 5.97. The summed E-state index contributed by atoms with van der Waals surface area (Å²) in [5.41, 5.74) is 2.87. The molecule has 1 saturated heterocycles. The van der Waals surface area contributed by atoms with Crippen molar-refractivity contribution in [3.05, 3.63) is 28.7 Å². The van der Waals surface area contributed by atoms with Crippen LogP contribution in [0.2, 0.25) is 0 Å². The number of morpholine rings is 1. The molecule has 1 aliphatic rings. The molecule has 2 aromatic heterocycles. The van der Waals surface area contributed by atoms with E-state index in [1.807, 2.05) is 19.9 Å². The van der Waals surface area contributed by atoms with E-state index in [4.69, 9.17) is 9.47 Å². The Hall–Kier alpha value is -1.99. The van der Waals surface area contributed by atoms with E-state index in [-0.39, 0.29) is 5.97 Å². The van der Waals surface area contributed by atoms with Gasteiger partial charge in [0.15, 0.2) is 11.5 Å². The number of nitrogens with zero attached hydrogens (tertiary/aromatic N) is 4. The van der Waals surface area contributed by atoms with Gasteiger partial charge in [0, 0.05) is 31.7 Å². The molecule has 1 aliphatic heterocycles. The molecule has 0 unspecified atom stereocenters. The standard InChI is InChI=1S/C16H22N4O3/c1-11-10-12(2)20-15(14(11)16(21)22-3)17-13(18-20)4-5-19-6-8-23-9-7-19/h10H,4-9H2,1-3H3. The Morgan fingerprint density at radius 1 is 1.35 bits per heavy atom. The molecule has 7 heteroatoms. The third-order valence-electron chi connectivity index (χ3n) is 4.17. The molecule has 7 nitrogen and oxygen atoms in total. The zero-order valence-electron chi connectivity index (χ0n) is 13.8. The molecule has 0 saturated carbocycles. The lowest BCUT2D eigenvalue weighted by atomic mass is 10.1. The number of fused-ring (bicyclic) bond motifs is 1. The van der Waals surface area contributed by atoms with Gasteiger partial charge in [0.05, 0.1) is 20.3 Å². The van der Waals surface area contributed by atoms with Crippen molar-refractivity contribution in [3.8, 4) is 0 Å². The number of methoxy groups -OCH3 is 1. The molecule has 124 valence electrons. The highest BCUT2D eigenvalue weighted by Gasteiger charge is 2.20. The first-order chi connectivity index (χ1) is 11.1. The number of hydrogen-bond donors (Lipinski definition) is 0. The lowest BCUT2D eigenvalue weighted by molar-refractivity contribution is 0.0382. The van der Waals surface area contributed by atoms with Crippen molar-refractivity contribution < 1.29 is 14.3 Å². The maximum atomic E-state index is 12.0. The van der Waals surface area contributed by atoms with E-state index in [0.29, 0.717) is 11.2 Å². The van der Waals surface area contributed by atoms with Crippen molar-refractivity contribution in [2.24, 2.45) is 0 Å². The summed E-state index contributed by atoms with van der Waals surface area (Å²) in [6.45, 7) is 8.19. The largest absolute Gasteiger partial charge is 0.465 e. The van der Waals surface area contributed by atoms with Crippen LogP contribution in [-0.4, -0.2) is 65.4 Å². The fraction of sp³-hybridized carbons (Fsp3) is 0.562. The van der Waals surface area contributed by atoms with Gasteiger partial charge in [0.1, 0.15) is 5.56 Å². The van der Waals surface area contributed by atoms with Crippen LogP contribution in [0.4, 0.5) is 0 Å². The SMILES string of the molecule is COC(=O)c1c(C)cc(C)n2nc(CCN3CCOCC3)nc12. The summed E-state index contributed by atoms with van der Waals surface area (Å²) in [6, 6.07) is 1.93. The van der Waals surface area contributed by atoms with E-state index in [0.717, 1.165) is 56.4 Å². The summed E-state index contributed by atoms with van der Waals surface area (Å²) in [7, 11) is 1.38. The summed E-state index contributed by atoms with van der Waals surface area (Å²) in [6.07, 6.45) is 0.751. The molecule has 0 bridgehead atoms. The topological polar surface area (TPSA) is 69.0 Å².